The van der Waals surface area contributed by atoms with Gasteiger partial charge in [-0.2, -0.15) is 0 Å². The second-order valence-electron chi connectivity index (χ2n) is 4.94. The molecule has 2 atom stereocenters. The number of benzene rings is 1. The van der Waals surface area contributed by atoms with Gasteiger partial charge < -0.3 is 5.32 Å². The van der Waals surface area contributed by atoms with Gasteiger partial charge >= 0.3 is 0 Å². The van der Waals surface area contributed by atoms with E-state index in [1.54, 1.807) is 0 Å². The SMILES string of the molecule is CCCC1CC1NC(=O)c1cc(S(=O)(=O)Cl)ccc1Br. The summed E-state index contributed by atoms with van der Waals surface area (Å²) >= 11 is 3.26. The molecule has 1 amide bonds. The Balaban J connectivity index is 2.14. The van der Waals surface area contributed by atoms with Crippen LogP contribution in [0.5, 0.6) is 0 Å². The molecule has 2 rings (SSSR count). The molecule has 1 saturated carbocycles. The molecule has 1 aliphatic carbocycles. The minimum Gasteiger partial charge on any atom is -0.349 e. The third kappa shape index (κ3) is 3.74. The predicted octanol–water partition coefficient (Wildman–Crippen LogP) is 3.30. The fourth-order valence-electron chi connectivity index (χ4n) is 2.19. The molecule has 1 aromatic rings. The van der Waals surface area contributed by atoms with Crippen LogP contribution >= 0.6 is 26.6 Å². The molecule has 0 bridgehead atoms. The van der Waals surface area contributed by atoms with Crippen molar-refractivity contribution in [1.82, 2.24) is 5.32 Å². The maximum atomic E-state index is 12.2. The molecule has 0 heterocycles. The fraction of sp³-hybridized carbons (Fsp3) is 0.462. The molecule has 1 aliphatic rings. The van der Waals surface area contributed by atoms with Crippen LogP contribution in [0.15, 0.2) is 27.6 Å². The average molecular weight is 381 g/mol. The number of hydrogen-bond donors (Lipinski definition) is 1. The largest absolute Gasteiger partial charge is 0.349 e. The summed E-state index contributed by atoms with van der Waals surface area (Å²) in [6, 6.07) is 4.37. The molecule has 1 aromatic carbocycles. The Morgan fingerprint density at radius 1 is 1.50 bits per heavy atom. The number of nitrogens with one attached hydrogen (secondary N) is 1. The molecule has 1 fully saturated rings. The molecule has 0 aromatic heterocycles. The van der Waals surface area contributed by atoms with Gasteiger partial charge in [-0.1, -0.05) is 13.3 Å². The molecule has 0 saturated heterocycles. The van der Waals surface area contributed by atoms with Crippen molar-refractivity contribution in [3.63, 3.8) is 0 Å². The van der Waals surface area contributed by atoms with Crippen LogP contribution < -0.4 is 5.32 Å². The second-order valence-corrected chi connectivity index (χ2v) is 8.36. The minimum absolute atomic E-state index is 0.0755. The Morgan fingerprint density at radius 3 is 2.80 bits per heavy atom. The van der Waals surface area contributed by atoms with E-state index in [1.165, 1.54) is 18.2 Å². The first-order valence-electron chi connectivity index (χ1n) is 6.38. The molecule has 110 valence electrons. The highest BCUT2D eigenvalue weighted by molar-refractivity contribution is 9.10. The Labute approximate surface area is 131 Å². The number of carbonyl (C=O) groups is 1. The van der Waals surface area contributed by atoms with Crippen molar-refractivity contribution in [2.75, 3.05) is 0 Å². The van der Waals surface area contributed by atoms with Crippen LogP contribution in [0.3, 0.4) is 0 Å². The topological polar surface area (TPSA) is 63.2 Å². The van der Waals surface area contributed by atoms with E-state index >= 15 is 0 Å². The van der Waals surface area contributed by atoms with Crippen molar-refractivity contribution in [1.29, 1.82) is 0 Å². The first kappa shape index (κ1) is 15.8. The summed E-state index contributed by atoms with van der Waals surface area (Å²) in [5, 5.41) is 2.92. The number of halogens is 2. The standard InChI is InChI=1S/C13H15BrClNO3S/c1-2-3-8-6-12(8)16-13(17)10-7-9(20(15,18)19)4-5-11(10)14/h4-5,7-8,12H,2-3,6H2,1H3,(H,16,17). The van der Waals surface area contributed by atoms with Gasteiger partial charge in [0.25, 0.3) is 15.0 Å². The van der Waals surface area contributed by atoms with Crippen LogP contribution in [-0.2, 0) is 9.05 Å². The average Bonchev–Trinajstić information content (AvgIpc) is 3.06. The third-order valence-electron chi connectivity index (χ3n) is 3.36. The van der Waals surface area contributed by atoms with E-state index in [4.69, 9.17) is 10.7 Å². The lowest BCUT2D eigenvalue weighted by Crippen LogP contribution is -2.27. The van der Waals surface area contributed by atoms with E-state index in [0.717, 1.165) is 19.3 Å². The van der Waals surface area contributed by atoms with Gasteiger partial charge in [-0.15, -0.1) is 0 Å². The van der Waals surface area contributed by atoms with E-state index in [1.807, 2.05) is 0 Å². The van der Waals surface area contributed by atoms with E-state index in [0.29, 0.717) is 10.4 Å². The van der Waals surface area contributed by atoms with Crippen LogP contribution in [-0.4, -0.2) is 20.4 Å². The number of amides is 1. The highest BCUT2D eigenvalue weighted by Crippen LogP contribution is 2.35. The zero-order valence-corrected chi connectivity index (χ0v) is 14.1. The predicted molar refractivity (Wildman–Crippen MR) is 81.5 cm³/mol. The van der Waals surface area contributed by atoms with Gasteiger partial charge in [-0.25, -0.2) is 8.42 Å². The fourth-order valence-corrected chi connectivity index (χ4v) is 3.39. The van der Waals surface area contributed by atoms with Crippen molar-refractivity contribution in [2.24, 2.45) is 5.92 Å². The Hall–Kier alpha value is -0.590. The van der Waals surface area contributed by atoms with Crippen molar-refractivity contribution >= 4 is 41.6 Å². The molecule has 2 unspecified atom stereocenters. The first-order chi connectivity index (χ1) is 9.32. The van der Waals surface area contributed by atoms with Crippen molar-refractivity contribution in [2.45, 2.75) is 37.1 Å². The van der Waals surface area contributed by atoms with Gasteiger partial charge in [-0.05, 0) is 52.9 Å². The molecular formula is C13H15BrClNO3S. The summed E-state index contributed by atoms with van der Waals surface area (Å²) in [6.07, 6.45) is 3.19. The smallest absolute Gasteiger partial charge is 0.261 e. The van der Waals surface area contributed by atoms with E-state index < -0.39 is 9.05 Å². The molecule has 0 aliphatic heterocycles. The van der Waals surface area contributed by atoms with E-state index in [-0.39, 0.29) is 22.4 Å². The molecule has 4 nitrogen and oxygen atoms in total. The van der Waals surface area contributed by atoms with Crippen molar-refractivity contribution in [3.8, 4) is 0 Å². The number of hydrogen-bond acceptors (Lipinski definition) is 3. The van der Waals surface area contributed by atoms with Gasteiger partial charge in [0.1, 0.15) is 0 Å². The normalized spacial score (nSPS) is 21.6. The molecule has 1 N–H and O–H groups in total. The van der Waals surface area contributed by atoms with Crippen LogP contribution in [0.1, 0.15) is 36.5 Å². The summed E-state index contributed by atoms with van der Waals surface area (Å²) in [5.41, 5.74) is 0.286. The molecule has 7 heteroatoms. The summed E-state index contributed by atoms with van der Waals surface area (Å²) in [4.78, 5) is 12.1. The Morgan fingerprint density at radius 2 is 2.20 bits per heavy atom. The summed E-state index contributed by atoms with van der Waals surface area (Å²) in [5.74, 6) is 0.269. The zero-order valence-electron chi connectivity index (χ0n) is 10.9. The minimum atomic E-state index is -3.84. The van der Waals surface area contributed by atoms with Crippen LogP contribution in [0.25, 0.3) is 0 Å². The van der Waals surface area contributed by atoms with Crippen LogP contribution in [0.4, 0.5) is 0 Å². The maximum absolute atomic E-state index is 12.2. The summed E-state index contributed by atoms with van der Waals surface area (Å²) in [7, 11) is 1.46. The van der Waals surface area contributed by atoms with Crippen LogP contribution in [0.2, 0.25) is 0 Å². The molecular weight excluding hydrogens is 366 g/mol. The van der Waals surface area contributed by atoms with Gasteiger partial charge in [0.05, 0.1) is 10.5 Å². The molecule has 0 radical (unpaired) electrons. The summed E-state index contributed by atoms with van der Waals surface area (Å²) in [6.45, 7) is 2.11. The molecule has 0 spiro atoms. The number of carbonyl (C=O) groups excluding carboxylic acids is 1. The monoisotopic (exact) mass is 379 g/mol. The van der Waals surface area contributed by atoms with E-state index in [9.17, 15) is 13.2 Å². The Bertz CT molecular complexity index is 633. The van der Waals surface area contributed by atoms with Gasteiger partial charge in [0.2, 0.25) is 0 Å². The quantitative estimate of drug-likeness (QED) is 0.797. The lowest BCUT2D eigenvalue weighted by Gasteiger charge is -2.08. The zero-order chi connectivity index (χ0) is 14.9. The van der Waals surface area contributed by atoms with Gasteiger partial charge in [0.15, 0.2) is 0 Å². The lowest BCUT2D eigenvalue weighted by molar-refractivity contribution is 0.0948. The van der Waals surface area contributed by atoms with Crippen molar-refractivity contribution in [3.05, 3.63) is 28.2 Å². The van der Waals surface area contributed by atoms with Gasteiger partial charge in [-0.3, -0.25) is 4.79 Å². The second kappa shape index (κ2) is 6.03. The van der Waals surface area contributed by atoms with Crippen molar-refractivity contribution < 1.29 is 13.2 Å². The molecule has 20 heavy (non-hydrogen) atoms. The first-order valence-corrected chi connectivity index (χ1v) is 9.48. The lowest BCUT2D eigenvalue weighted by atomic mass is 10.2. The highest BCUT2D eigenvalue weighted by atomic mass is 79.9. The maximum Gasteiger partial charge on any atom is 0.261 e. The van der Waals surface area contributed by atoms with Gasteiger partial charge in [0, 0.05) is 21.2 Å². The highest BCUT2D eigenvalue weighted by Gasteiger charge is 2.37. The summed E-state index contributed by atoms with van der Waals surface area (Å²) < 4.78 is 23.2. The Kier molecular flexibility index (Phi) is 4.76. The van der Waals surface area contributed by atoms with E-state index in [2.05, 4.69) is 28.2 Å². The third-order valence-corrected chi connectivity index (χ3v) is 5.41. The van der Waals surface area contributed by atoms with Crippen LogP contribution in [0, 0.1) is 5.92 Å². The number of rotatable bonds is 5.